The van der Waals surface area contributed by atoms with Gasteiger partial charge in [-0.1, -0.05) is 30.3 Å². The minimum absolute atomic E-state index is 0.0611. The number of nitrogens with one attached hydrogen (secondary N) is 4. The van der Waals surface area contributed by atoms with Crippen LogP contribution >= 0.6 is 0 Å². The molecule has 0 spiro atoms. The molecule has 0 bridgehead atoms. The molecule has 6 N–H and O–H groups in total. The number of fused-ring (bicyclic) bond motifs is 1. The van der Waals surface area contributed by atoms with Crippen LogP contribution in [0.4, 0.5) is 4.39 Å². The molecule has 1 heterocycles. The van der Waals surface area contributed by atoms with Crippen LogP contribution < -0.4 is 26.4 Å². The second kappa shape index (κ2) is 13.6. The van der Waals surface area contributed by atoms with Gasteiger partial charge in [0.1, 0.15) is 36.1 Å². The Morgan fingerprint density at radius 2 is 1.83 bits per heavy atom. The average Bonchev–Trinajstić information content (AvgIpc) is 3.79. The molecule has 41 heavy (non-hydrogen) atoms. The molecule has 1 aliphatic heterocycles. The van der Waals surface area contributed by atoms with E-state index in [1.165, 1.54) is 17.0 Å². The third-order valence-electron chi connectivity index (χ3n) is 7.68. The average molecular weight is 567 g/mol. The van der Waals surface area contributed by atoms with Gasteiger partial charge in [0.15, 0.2) is 0 Å². The Morgan fingerprint density at radius 1 is 1.10 bits per heavy atom. The van der Waals surface area contributed by atoms with Crippen molar-refractivity contribution in [2.24, 2.45) is 11.7 Å². The minimum atomic E-state index is -0.891. The molecule has 3 amide bonds. The predicted molar refractivity (Wildman–Crippen MR) is 153 cm³/mol. The first-order valence-electron chi connectivity index (χ1n) is 14.1. The van der Waals surface area contributed by atoms with E-state index in [9.17, 15) is 18.8 Å². The van der Waals surface area contributed by atoms with Gasteiger partial charge in [0.25, 0.3) is 0 Å². The Balaban J connectivity index is 1.55. The number of rotatable bonds is 4. The van der Waals surface area contributed by atoms with E-state index in [0.29, 0.717) is 37.2 Å². The quantitative estimate of drug-likeness (QED) is 0.280. The lowest BCUT2D eigenvalue weighted by Crippen LogP contribution is -2.56. The molecule has 10 nitrogen and oxygen atoms in total. The zero-order valence-electron chi connectivity index (χ0n) is 23.5. The second-order valence-electron chi connectivity index (χ2n) is 10.8. The Kier molecular flexibility index (Phi) is 9.93. The number of nitrogen functional groups attached to an aromatic ring is 1. The van der Waals surface area contributed by atoms with Gasteiger partial charge in [-0.05, 0) is 55.7 Å². The van der Waals surface area contributed by atoms with Crippen LogP contribution in [-0.2, 0) is 27.2 Å². The zero-order valence-corrected chi connectivity index (χ0v) is 23.5. The third kappa shape index (κ3) is 8.03. The molecule has 3 atom stereocenters. The molecule has 1 aliphatic carbocycles. The highest BCUT2D eigenvalue weighted by Crippen LogP contribution is 2.33. The smallest absolute Gasteiger partial charge is 0.243 e. The van der Waals surface area contributed by atoms with Gasteiger partial charge in [-0.2, -0.15) is 0 Å². The maximum atomic E-state index is 14.0. The molecule has 1 fully saturated rings. The van der Waals surface area contributed by atoms with Crippen LogP contribution in [0.3, 0.4) is 0 Å². The minimum Gasteiger partial charge on any atom is -0.492 e. The molecule has 220 valence electrons. The molecular formula is C30H39FN6O4. The Bertz CT molecular complexity index is 1270. The van der Waals surface area contributed by atoms with Crippen molar-refractivity contribution in [3.8, 4) is 5.75 Å². The lowest BCUT2D eigenvalue weighted by Gasteiger charge is -2.30. The number of aryl methyl sites for hydroxylation is 1. The lowest BCUT2D eigenvalue weighted by atomic mass is 10.0. The number of carbonyl (C=O) groups is 3. The highest BCUT2D eigenvalue weighted by molar-refractivity contribution is 5.95. The summed E-state index contributed by atoms with van der Waals surface area (Å²) in [7, 11) is 1.59. The summed E-state index contributed by atoms with van der Waals surface area (Å²) in [5, 5.41) is 16.6. The van der Waals surface area contributed by atoms with Crippen LogP contribution in [0.1, 0.15) is 42.9 Å². The van der Waals surface area contributed by atoms with E-state index >= 15 is 0 Å². The van der Waals surface area contributed by atoms with Gasteiger partial charge in [-0.3, -0.25) is 19.8 Å². The molecular weight excluding hydrogens is 527 g/mol. The summed E-state index contributed by atoms with van der Waals surface area (Å²) in [6.45, 7) is 2.61. The van der Waals surface area contributed by atoms with Crippen LogP contribution in [0.15, 0.2) is 42.5 Å². The van der Waals surface area contributed by atoms with Crippen molar-refractivity contribution in [2.45, 2.75) is 57.2 Å². The number of likely N-dealkylation sites (N-methyl/N-ethyl adjacent to an activating group) is 1. The van der Waals surface area contributed by atoms with E-state index < -0.39 is 29.8 Å². The molecule has 2 aliphatic rings. The van der Waals surface area contributed by atoms with E-state index in [4.69, 9.17) is 15.9 Å². The Hall–Kier alpha value is -3.99. The Morgan fingerprint density at radius 3 is 2.51 bits per heavy atom. The summed E-state index contributed by atoms with van der Waals surface area (Å²) in [5.41, 5.74) is 7.71. The molecule has 4 rings (SSSR count). The number of ether oxygens (including phenoxy) is 1. The number of benzene rings is 2. The fourth-order valence-corrected chi connectivity index (χ4v) is 4.89. The summed E-state index contributed by atoms with van der Waals surface area (Å²) in [6.07, 6.45) is 3.17. The number of hydrogen-bond donors (Lipinski definition) is 5. The van der Waals surface area contributed by atoms with Crippen LogP contribution in [0.2, 0.25) is 0 Å². The number of halogens is 1. The number of amides is 3. The van der Waals surface area contributed by atoms with Gasteiger partial charge in [-0.25, -0.2) is 4.39 Å². The first-order chi connectivity index (χ1) is 19.6. The molecule has 11 heteroatoms. The number of nitrogens with two attached hydrogens (primary N) is 1. The lowest BCUT2D eigenvalue weighted by molar-refractivity contribution is -0.141. The number of nitrogens with zero attached hydrogens (tertiary/aromatic N) is 1. The monoisotopic (exact) mass is 566 g/mol. The zero-order chi connectivity index (χ0) is 29.5. The van der Waals surface area contributed by atoms with Crippen molar-refractivity contribution >= 4 is 23.6 Å². The first-order valence-corrected chi connectivity index (χ1v) is 14.1. The van der Waals surface area contributed by atoms with E-state index in [1.54, 1.807) is 44.3 Å². The summed E-state index contributed by atoms with van der Waals surface area (Å²) in [4.78, 5) is 41.4. The van der Waals surface area contributed by atoms with Crippen molar-refractivity contribution in [2.75, 3.05) is 26.7 Å². The topological polar surface area (TPSA) is 150 Å². The van der Waals surface area contributed by atoms with Crippen molar-refractivity contribution in [3.05, 3.63) is 65.0 Å². The molecule has 2 aromatic rings. The normalized spacial score (nSPS) is 23.3. The van der Waals surface area contributed by atoms with Gasteiger partial charge >= 0.3 is 0 Å². The number of amidine groups is 1. The molecule has 0 radical (unpaired) electrons. The molecule has 0 unspecified atom stereocenters. The van der Waals surface area contributed by atoms with Gasteiger partial charge in [0.05, 0.1) is 6.04 Å². The van der Waals surface area contributed by atoms with Gasteiger partial charge in [0, 0.05) is 38.2 Å². The Labute approximate surface area is 239 Å². The fourth-order valence-electron chi connectivity index (χ4n) is 4.89. The van der Waals surface area contributed by atoms with Crippen molar-refractivity contribution in [1.82, 2.24) is 20.9 Å². The van der Waals surface area contributed by atoms with Crippen molar-refractivity contribution < 1.29 is 23.5 Å². The largest absolute Gasteiger partial charge is 0.492 e. The third-order valence-corrected chi connectivity index (χ3v) is 7.68. The van der Waals surface area contributed by atoms with Crippen molar-refractivity contribution in [3.63, 3.8) is 0 Å². The van der Waals surface area contributed by atoms with Gasteiger partial charge in [0.2, 0.25) is 17.7 Å². The summed E-state index contributed by atoms with van der Waals surface area (Å²) >= 11 is 0. The SMILES string of the molecule is C[C@@H]1C(=O)N[C@H](Cc2ccc(C(=N)N)cc2)C(=O)NCCCc2ccc(F)cc2OCCN[C@H](C2CC2)C(=O)N1C. The number of hydrogen-bond acceptors (Lipinski definition) is 6. The predicted octanol–water partition coefficient (Wildman–Crippen LogP) is 1.49. The molecule has 1 saturated carbocycles. The van der Waals surface area contributed by atoms with Crippen molar-refractivity contribution in [1.29, 1.82) is 5.41 Å². The molecule has 0 saturated heterocycles. The fraction of sp³-hybridized carbons (Fsp3) is 0.467. The summed E-state index contributed by atoms with van der Waals surface area (Å²) < 4.78 is 19.9. The summed E-state index contributed by atoms with van der Waals surface area (Å²) in [6, 6.07) is 9.17. The second-order valence-corrected chi connectivity index (χ2v) is 10.8. The van der Waals surface area contributed by atoms with Crippen LogP contribution in [0.25, 0.3) is 0 Å². The van der Waals surface area contributed by atoms with E-state index in [-0.39, 0.29) is 36.6 Å². The molecule has 0 aromatic heterocycles. The van der Waals surface area contributed by atoms with E-state index in [1.807, 2.05) is 0 Å². The van der Waals surface area contributed by atoms with E-state index in [2.05, 4.69) is 16.0 Å². The van der Waals surface area contributed by atoms with Gasteiger partial charge < -0.3 is 31.3 Å². The standard InChI is InChI=1S/C30H39FN6O4/c1-18-28(38)36-24(16-19-5-7-22(8-6-19)27(32)33)29(39)35-13-3-4-20-11-12-23(31)17-25(20)41-15-14-34-26(21-9-10-21)30(40)37(18)2/h5-8,11-12,17-18,21,24,26,34H,3-4,9-10,13-16H2,1-2H3,(H3,32,33)(H,35,39)(H,36,38)/t18-,24-,26-/m1/s1. The summed E-state index contributed by atoms with van der Waals surface area (Å²) in [5.74, 6) is -0.840. The van der Waals surface area contributed by atoms with Crippen LogP contribution in [0.5, 0.6) is 5.75 Å². The number of carbonyl (C=O) groups excluding carboxylic acids is 3. The van der Waals surface area contributed by atoms with Crippen LogP contribution in [0, 0.1) is 17.1 Å². The van der Waals surface area contributed by atoms with E-state index in [0.717, 1.165) is 24.0 Å². The highest BCUT2D eigenvalue weighted by Gasteiger charge is 2.39. The maximum absolute atomic E-state index is 14.0. The highest BCUT2D eigenvalue weighted by atomic mass is 19.1. The molecule has 2 aromatic carbocycles. The maximum Gasteiger partial charge on any atom is 0.243 e. The first kappa shape index (κ1) is 30.0. The van der Waals surface area contributed by atoms with Crippen LogP contribution in [-0.4, -0.2) is 73.3 Å². The van der Waals surface area contributed by atoms with Gasteiger partial charge in [-0.15, -0.1) is 0 Å².